The van der Waals surface area contributed by atoms with E-state index in [1.807, 2.05) is 19.1 Å². The third-order valence-electron chi connectivity index (χ3n) is 4.62. The summed E-state index contributed by atoms with van der Waals surface area (Å²) in [7, 11) is 1.77. The first-order chi connectivity index (χ1) is 11.6. The number of halogens is 1. The fourth-order valence-corrected chi connectivity index (χ4v) is 2.90. The minimum absolute atomic E-state index is 0. The molecule has 6 heteroatoms. The first kappa shape index (κ1) is 22.0. The van der Waals surface area contributed by atoms with Gasteiger partial charge in [0.1, 0.15) is 5.76 Å². The van der Waals surface area contributed by atoms with Gasteiger partial charge >= 0.3 is 0 Å². The summed E-state index contributed by atoms with van der Waals surface area (Å²) in [4.78, 5) is 4.83. The normalized spacial score (nSPS) is 15.8. The molecule has 0 unspecified atom stereocenters. The van der Waals surface area contributed by atoms with Gasteiger partial charge in [-0.05, 0) is 43.7 Å². The van der Waals surface area contributed by atoms with Crippen molar-refractivity contribution < 1.29 is 9.15 Å². The molecule has 1 saturated carbocycles. The zero-order chi connectivity index (χ0) is 17.3. The number of rotatable bonds is 10. The van der Waals surface area contributed by atoms with E-state index in [9.17, 15) is 0 Å². The number of nitrogens with one attached hydrogen (secondary N) is 2. The highest BCUT2D eigenvalue weighted by atomic mass is 127. The van der Waals surface area contributed by atoms with E-state index in [0.29, 0.717) is 5.41 Å². The molecule has 1 aromatic heterocycles. The summed E-state index contributed by atoms with van der Waals surface area (Å²) >= 11 is 0. The standard InChI is InChI=1S/C19H31N3O2.HI/c1-16(2)14-21-18(20-11-7-17-6-4-12-24-17)22-15-19(8-5-9-19)10-13-23-3;/h4,6,12H,1,5,7-11,13-15H2,2-3H3,(H2,20,21,22);1H. The number of guanidine groups is 1. The quantitative estimate of drug-likeness (QED) is 0.241. The van der Waals surface area contributed by atoms with Gasteiger partial charge in [-0.15, -0.1) is 24.0 Å². The fourth-order valence-electron chi connectivity index (χ4n) is 2.90. The molecule has 0 bridgehead atoms. The van der Waals surface area contributed by atoms with Crippen molar-refractivity contribution in [2.24, 2.45) is 10.4 Å². The Morgan fingerprint density at radius 3 is 2.76 bits per heavy atom. The molecule has 0 radical (unpaired) electrons. The van der Waals surface area contributed by atoms with Crippen molar-refractivity contribution >= 4 is 29.9 Å². The SMILES string of the molecule is C=C(C)CNC(=NCC1(CCOC)CCC1)NCCc1ccco1.I. The summed E-state index contributed by atoms with van der Waals surface area (Å²) in [6.07, 6.45) is 7.45. The Balaban J connectivity index is 0.00000312. The van der Waals surface area contributed by atoms with Crippen molar-refractivity contribution in [2.45, 2.75) is 39.0 Å². The summed E-state index contributed by atoms with van der Waals surface area (Å²) in [5.74, 6) is 1.84. The van der Waals surface area contributed by atoms with Crippen LogP contribution < -0.4 is 10.6 Å². The molecule has 142 valence electrons. The first-order valence-electron chi connectivity index (χ1n) is 8.81. The van der Waals surface area contributed by atoms with Crippen LogP contribution in [0.1, 0.15) is 38.4 Å². The van der Waals surface area contributed by atoms with Crippen LogP contribution in [-0.4, -0.2) is 39.3 Å². The molecule has 0 atom stereocenters. The van der Waals surface area contributed by atoms with E-state index in [4.69, 9.17) is 14.1 Å². The summed E-state index contributed by atoms with van der Waals surface area (Å²) in [6.45, 7) is 9.15. The average Bonchev–Trinajstić information content (AvgIpc) is 3.03. The second-order valence-electron chi connectivity index (χ2n) is 6.83. The molecular weight excluding hydrogens is 429 g/mol. The number of furan rings is 1. The lowest BCUT2D eigenvalue weighted by molar-refractivity contribution is 0.0778. The van der Waals surface area contributed by atoms with Crippen LogP contribution in [0.3, 0.4) is 0 Å². The monoisotopic (exact) mass is 461 g/mol. The minimum Gasteiger partial charge on any atom is -0.469 e. The van der Waals surface area contributed by atoms with E-state index in [0.717, 1.165) is 56.4 Å². The molecule has 1 heterocycles. The highest BCUT2D eigenvalue weighted by Crippen LogP contribution is 2.44. The second kappa shape index (κ2) is 11.6. The largest absolute Gasteiger partial charge is 0.469 e. The van der Waals surface area contributed by atoms with Crippen LogP contribution in [-0.2, 0) is 11.2 Å². The van der Waals surface area contributed by atoms with Crippen molar-refractivity contribution in [1.29, 1.82) is 0 Å². The summed E-state index contributed by atoms with van der Waals surface area (Å²) in [5.41, 5.74) is 1.42. The molecule has 1 aromatic rings. The maximum Gasteiger partial charge on any atom is 0.191 e. The topological polar surface area (TPSA) is 58.8 Å². The zero-order valence-electron chi connectivity index (χ0n) is 15.5. The Morgan fingerprint density at radius 2 is 2.20 bits per heavy atom. The predicted octanol–water partition coefficient (Wildman–Crippen LogP) is 3.76. The molecule has 1 fully saturated rings. The van der Waals surface area contributed by atoms with E-state index in [1.54, 1.807) is 13.4 Å². The van der Waals surface area contributed by atoms with E-state index in [-0.39, 0.29) is 24.0 Å². The summed E-state index contributed by atoms with van der Waals surface area (Å²) in [5, 5.41) is 6.75. The van der Waals surface area contributed by atoms with Gasteiger partial charge in [0, 0.05) is 39.8 Å². The highest BCUT2D eigenvalue weighted by Gasteiger charge is 2.36. The van der Waals surface area contributed by atoms with Gasteiger partial charge in [0.25, 0.3) is 0 Å². The zero-order valence-corrected chi connectivity index (χ0v) is 17.8. The maximum atomic E-state index is 5.37. The van der Waals surface area contributed by atoms with E-state index in [2.05, 4.69) is 17.2 Å². The Labute approximate surface area is 168 Å². The molecule has 0 saturated heterocycles. The van der Waals surface area contributed by atoms with Gasteiger partial charge in [-0.3, -0.25) is 4.99 Å². The van der Waals surface area contributed by atoms with Crippen molar-refractivity contribution in [2.75, 3.05) is 33.4 Å². The van der Waals surface area contributed by atoms with Crippen LogP contribution in [0.4, 0.5) is 0 Å². The second-order valence-corrected chi connectivity index (χ2v) is 6.83. The molecule has 2 N–H and O–H groups in total. The predicted molar refractivity (Wildman–Crippen MR) is 114 cm³/mol. The Hall–Kier alpha value is -1.02. The number of aliphatic imine (C=N–C) groups is 1. The smallest absolute Gasteiger partial charge is 0.191 e. The van der Waals surface area contributed by atoms with Gasteiger partial charge in [0.05, 0.1) is 6.26 Å². The van der Waals surface area contributed by atoms with Gasteiger partial charge in [-0.2, -0.15) is 0 Å². The lowest BCUT2D eigenvalue weighted by Crippen LogP contribution is -2.41. The Kier molecular flexibility index (Phi) is 10.2. The van der Waals surface area contributed by atoms with Crippen LogP contribution in [0.25, 0.3) is 0 Å². The number of ether oxygens (including phenoxy) is 1. The Bertz CT molecular complexity index is 525. The molecule has 5 nitrogen and oxygen atoms in total. The molecular formula is C19H32IN3O2. The van der Waals surface area contributed by atoms with E-state index >= 15 is 0 Å². The molecule has 0 spiro atoms. The summed E-state index contributed by atoms with van der Waals surface area (Å²) in [6, 6.07) is 3.91. The molecule has 2 rings (SSSR count). The van der Waals surface area contributed by atoms with Gasteiger partial charge in [-0.1, -0.05) is 18.6 Å². The van der Waals surface area contributed by atoms with Gasteiger partial charge in [0.2, 0.25) is 0 Å². The van der Waals surface area contributed by atoms with Gasteiger partial charge < -0.3 is 19.8 Å². The lowest BCUT2D eigenvalue weighted by Gasteiger charge is -2.40. The number of nitrogens with zero attached hydrogens (tertiary/aromatic N) is 1. The Morgan fingerprint density at radius 1 is 1.40 bits per heavy atom. The van der Waals surface area contributed by atoms with Gasteiger partial charge in [0.15, 0.2) is 5.96 Å². The lowest BCUT2D eigenvalue weighted by atomic mass is 9.67. The third kappa shape index (κ3) is 7.81. The number of methoxy groups -OCH3 is 1. The van der Waals surface area contributed by atoms with Crippen molar-refractivity contribution in [3.63, 3.8) is 0 Å². The van der Waals surface area contributed by atoms with Crippen LogP contribution in [0.2, 0.25) is 0 Å². The molecule has 1 aliphatic carbocycles. The third-order valence-corrected chi connectivity index (χ3v) is 4.62. The van der Waals surface area contributed by atoms with E-state index in [1.165, 1.54) is 19.3 Å². The van der Waals surface area contributed by atoms with Crippen LogP contribution in [0, 0.1) is 5.41 Å². The van der Waals surface area contributed by atoms with Gasteiger partial charge in [-0.25, -0.2) is 0 Å². The number of hydrogen-bond acceptors (Lipinski definition) is 3. The van der Waals surface area contributed by atoms with Crippen molar-refractivity contribution in [3.8, 4) is 0 Å². The molecule has 0 amide bonds. The fraction of sp³-hybridized carbons (Fsp3) is 0.632. The van der Waals surface area contributed by atoms with Crippen LogP contribution >= 0.6 is 24.0 Å². The van der Waals surface area contributed by atoms with E-state index < -0.39 is 0 Å². The van der Waals surface area contributed by atoms with Crippen LogP contribution in [0.15, 0.2) is 40.0 Å². The molecule has 0 aliphatic heterocycles. The average molecular weight is 461 g/mol. The maximum absolute atomic E-state index is 5.37. The van der Waals surface area contributed by atoms with Crippen molar-refractivity contribution in [3.05, 3.63) is 36.3 Å². The summed E-state index contributed by atoms with van der Waals surface area (Å²) < 4.78 is 10.6. The number of hydrogen-bond donors (Lipinski definition) is 2. The van der Waals surface area contributed by atoms with Crippen molar-refractivity contribution in [1.82, 2.24) is 10.6 Å². The first-order valence-corrected chi connectivity index (χ1v) is 8.81. The minimum atomic E-state index is 0. The molecule has 0 aromatic carbocycles. The highest BCUT2D eigenvalue weighted by molar-refractivity contribution is 14.0. The molecule has 25 heavy (non-hydrogen) atoms. The van der Waals surface area contributed by atoms with Crippen LogP contribution in [0.5, 0.6) is 0 Å². The molecule has 1 aliphatic rings.